The Morgan fingerprint density at radius 3 is 2.56 bits per heavy atom. The maximum atomic E-state index is 12.4. The van der Waals surface area contributed by atoms with E-state index in [0.29, 0.717) is 17.1 Å². The van der Waals surface area contributed by atoms with Crippen molar-refractivity contribution in [2.45, 2.75) is 6.54 Å². The maximum absolute atomic E-state index is 12.4. The van der Waals surface area contributed by atoms with Crippen LogP contribution in [0.4, 0.5) is 17.1 Å². The Morgan fingerprint density at radius 2 is 1.72 bits per heavy atom. The van der Waals surface area contributed by atoms with Crippen molar-refractivity contribution in [1.82, 2.24) is 5.32 Å². The van der Waals surface area contributed by atoms with Crippen LogP contribution >= 0.6 is 11.6 Å². The van der Waals surface area contributed by atoms with E-state index in [1.807, 2.05) is 18.2 Å². The molecule has 1 amide bonds. The molecular weight excluding hydrogens is 418 g/mol. The van der Waals surface area contributed by atoms with Crippen molar-refractivity contribution in [1.29, 1.82) is 0 Å². The summed E-state index contributed by atoms with van der Waals surface area (Å²) >= 11 is 6.12. The molecule has 5 heteroatoms. The molecule has 1 heterocycles. The van der Waals surface area contributed by atoms with Crippen molar-refractivity contribution in [2.75, 3.05) is 16.8 Å². The number of carbonyl (C=O) groups excluding carboxylic acids is 1. The van der Waals surface area contributed by atoms with E-state index >= 15 is 0 Å². The standard InChI is InChI=1S/C27H22ClN3O/c28-24-9-4-3-8-23(24)27(32)30-18-19-10-13-21(14-11-19)31-17-5-16-29-26-22-7-2-1-6-20(22)12-15-25(26)31/h1-15,17,29H,16,18H2,(H,30,32). The van der Waals surface area contributed by atoms with E-state index in [4.69, 9.17) is 11.6 Å². The van der Waals surface area contributed by atoms with Crippen molar-refractivity contribution < 1.29 is 4.79 Å². The fourth-order valence-electron chi connectivity index (χ4n) is 3.97. The number of carbonyl (C=O) groups is 1. The van der Waals surface area contributed by atoms with Crippen LogP contribution in [0.25, 0.3) is 10.8 Å². The van der Waals surface area contributed by atoms with Gasteiger partial charge in [-0.25, -0.2) is 0 Å². The van der Waals surface area contributed by atoms with E-state index in [-0.39, 0.29) is 5.91 Å². The minimum atomic E-state index is -0.179. The lowest BCUT2D eigenvalue weighted by Gasteiger charge is -2.23. The highest BCUT2D eigenvalue weighted by atomic mass is 35.5. The lowest BCUT2D eigenvalue weighted by Crippen LogP contribution is -2.23. The van der Waals surface area contributed by atoms with Crippen molar-refractivity contribution in [3.8, 4) is 0 Å². The molecule has 5 rings (SSSR count). The fourth-order valence-corrected chi connectivity index (χ4v) is 4.19. The number of fused-ring (bicyclic) bond motifs is 3. The Hall–Kier alpha value is -3.76. The third kappa shape index (κ3) is 3.93. The number of hydrogen-bond donors (Lipinski definition) is 2. The number of benzene rings is 4. The molecule has 2 N–H and O–H groups in total. The SMILES string of the molecule is O=C(NCc1ccc(N2C=CCNc3c2ccc2ccccc32)cc1)c1ccccc1Cl. The van der Waals surface area contributed by atoms with Crippen molar-refractivity contribution in [3.63, 3.8) is 0 Å². The Morgan fingerprint density at radius 1 is 0.938 bits per heavy atom. The lowest BCUT2D eigenvalue weighted by molar-refractivity contribution is 0.0951. The third-order valence-electron chi connectivity index (χ3n) is 5.60. The van der Waals surface area contributed by atoms with Crippen LogP contribution in [0.3, 0.4) is 0 Å². The normalized spacial score (nSPS) is 12.7. The molecule has 1 aliphatic rings. The molecule has 0 bridgehead atoms. The Labute approximate surface area is 192 Å². The second kappa shape index (κ2) is 8.77. The summed E-state index contributed by atoms with van der Waals surface area (Å²) in [7, 11) is 0. The largest absolute Gasteiger partial charge is 0.379 e. The molecule has 0 aliphatic carbocycles. The van der Waals surface area contributed by atoms with E-state index in [2.05, 4.69) is 76.3 Å². The molecule has 0 spiro atoms. The highest BCUT2D eigenvalue weighted by Crippen LogP contribution is 2.39. The van der Waals surface area contributed by atoms with Gasteiger partial charge in [0.2, 0.25) is 0 Å². The zero-order valence-corrected chi connectivity index (χ0v) is 18.1. The van der Waals surface area contributed by atoms with Gasteiger partial charge in [0.1, 0.15) is 0 Å². The number of halogens is 1. The first-order chi connectivity index (χ1) is 15.7. The summed E-state index contributed by atoms with van der Waals surface area (Å²) in [4.78, 5) is 14.6. The molecule has 4 nitrogen and oxygen atoms in total. The number of anilines is 3. The highest BCUT2D eigenvalue weighted by Gasteiger charge is 2.16. The van der Waals surface area contributed by atoms with Crippen LogP contribution < -0.4 is 15.5 Å². The maximum Gasteiger partial charge on any atom is 0.253 e. The molecule has 0 aromatic heterocycles. The average molecular weight is 440 g/mol. The topological polar surface area (TPSA) is 44.4 Å². The van der Waals surface area contributed by atoms with Crippen LogP contribution in [0.2, 0.25) is 5.02 Å². The van der Waals surface area contributed by atoms with Crippen LogP contribution in [0.15, 0.2) is 97.2 Å². The molecule has 4 aromatic rings. The quantitative estimate of drug-likeness (QED) is 0.381. The zero-order valence-electron chi connectivity index (χ0n) is 17.4. The van der Waals surface area contributed by atoms with Gasteiger partial charge in [-0.05, 0) is 47.4 Å². The summed E-state index contributed by atoms with van der Waals surface area (Å²) in [6.45, 7) is 1.20. The lowest BCUT2D eigenvalue weighted by atomic mass is 10.1. The predicted octanol–water partition coefficient (Wildman–Crippen LogP) is 6.50. The number of nitrogens with one attached hydrogen (secondary N) is 2. The highest BCUT2D eigenvalue weighted by molar-refractivity contribution is 6.33. The first kappa shape index (κ1) is 20.2. The van der Waals surface area contributed by atoms with Crippen LogP contribution in [0.1, 0.15) is 15.9 Å². The first-order valence-corrected chi connectivity index (χ1v) is 10.9. The smallest absolute Gasteiger partial charge is 0.253 e. The molecule has 4 aromatic carbocycles. The average Bonchev–Trinajstić information content (AvgIpc) is 3.06. The second-order valence-electron chi connectivity index (χ2n) is 7.65. The third-order valence-corrected chi connectivity index (χ3v) is 5.93. The summed E-state index contributed by atoms with van der Waals surface area (Å²) < 4.78 is 0. The minimum absolute atomic E-state index is 0.179. The number of amides is 1. The predicted molar refractivity (Wildman–Crippen MR) is 133 cm³/mol. The molecule has 0 saturated heterocycles. The molecule has 0 fully saturated rings. The van der Waals surface area contributed by atoms with Gasteiger partial charge in [-0.15, -0.1) is 0 Å². The van der Waals surface area contributed by atoms with E-state index < -0.39 is 0 Å². The monoisotopic (exact) mass is 439 g/mol. The molecule has 1 aliphatic heterocycles. The summed E-state index contributed by atoms with van der Waals surface area (Å²) in [6, 6.07) is 28.0. The van der Waals surface area contributed by atoms with Crippen molar-refractivity contribution in [2.24, 2.45) is 0 Å². The molecule has 0 atom stereocenters. The second-order valence-corrected chi connectivity index (χ2v) is 8.05. The van der Waals surface area contributed by atoms with Gasteiger partial charge in [0.15, 0.2) is 0 Å². The first-order valence-electron chi connectivity index (χ1n) is 10.5. The summed E-state index contributed by atoms with van der Waals surface area (Å²) in [5.74, 6) is -0.179. The molecule has 0 unspecified atom stereocenters. The van der Waals surface area contributed by atoms with Gasteiger partial charge in [0.25, 0.3) is 5.91 Å². The number of hydrogen-bond acceptors (Lipinski definition) is 3. The van der Waals surface area contributed by atoms with Crippen molar-refractivity contribution in [3.05, 3.63) is 113 Å². The van der Waals surface area contributed by atoms with E-state index in [9.17, 15) is 4.79 Å². The van der Waals surface area contributed by atoms with Crippen LogP contribution in [0.5, 0.6) is 0 Å². The van der Waals surface area contributed by atoms with Gasteiger partial charge in [0.05, 0.1) is 22.0 Å². The Bertz CT molecular complexity index is 1310. The van der Waals surface area contributed by atoms with Gasteiger partial charge in [0, 0.05) is 30.4 Å². The number of nitrogens with zero attached hydrogens (tertiary/aromatic N) is 1. The molecule has 0 saturated carbocycles. The summed E-state index contributed by atoms with van der Waals surface area (Å²) in [5.41, 5.74) is 4.80. The van der Waals surface area contributed by atoms with Gasteiger partial charge in [-0.1, -0.05) is 66.2 Å². The van der Waals surface area contributed by atoms with E-state index in [1.165, 1.54) is 10.8 Å². The van der Waals surface area contributed by atoms with E-state index in [1.54, 1.807) is 18.2 Å². The van der Waals surface area contributed by atoms with Crippen LogP contribution in [-0.2, 0) is 6.54 Å². The van der Waals surface area contributed by atoms with Gasteiger partial charge in [-0.2, -0.15) is 0 Å². The van der Waals surface area contributed by atoms with Gasteiger partial charge < -0.3 is 15.5 Å². The number of rotatable bonds is 4. The fraction of sp³-hybridized carbons (Fsp3) is 0.0741. The Kier molecular flexibility index (Phi) is 5.53. The van der Waals surface area contributed by atoms with Crippen molar-refractivity contribution >= 4 is 45.3 Å². The van der Waals surface area contributed by atoms with Crippen LogP contribution in [0, 0.1) is 0 Å². The summed E-state index contributed by atoms with van der Waals surface area (Å²) in [5, 5.41) is 9.36. The summed E-state index contributed by atoms with van der Waals surface area (Å²) in [6.07, 6.45) is 4.22. The van der Waals surface area contributed by atoms with E-state index in [0.717, 1.165) is 29.2 Å². The molecular formula is C27H22ClN3O. The molecule has 32 heavy (non-hydrogen) atoms. The van der Waals surface area contributed by atoms with Gasteiger partial charge in [-0.3, -0.25) is 4.79 Å². The minimum Gasteiger partial charge on any atom is -0.379 e. The molecule has 0 radical (unpaired) electrons. The van der Waals surface area contributed by atoms with Crippen LogP contribution in [-0.4, -0.2) is 12.5 Å². The Balaban J connectivity index is 1.37. The zero-order chi connectivity index (χ0) is 21.9. The van der Waals surface area contributed by atoms with Gasteiger partial charge >= 0.3 is 0 Å². The molecule has 158 valence electrons.